The number of hydrogen-bond donors (Lipinski definition) is 0. The van der Waals surface area contributed by atoms with Crippen LogP contribution in [0.1, 0.15) is 10.4 Å². The summed E-state index contributed by atoms with van der Waals surface area (Å²) in [4.78, 5) is 20.8. The zero-order valence-corrected chi connectivity index (χ0v) is 9.88. The van der Waals surface area contributed by atoms with Crippen LogP contribution in [0.4, 0.5) is 14.5 Å². The molecule has 0 aliphatic heterocycles. The van der Waals surface area contributed by atoms with Gasteiger partial charge in [-0.3, -0.25) is 14.9 Å². The maximum atomic E-state index is 13.6. The maximum absolute atomic E-state index is 13.6. The third-order valence-corrected chi connectivity index (χ3v) is 2.45. The smallest absolute Gasteiger partial charge is 0.311 e. The van der Waals surface area contributed by atoms with Crippen LogP contribution in [0.2, 0.25) is 0 Å². The first-order valence-corrected chi connectivity index (χ1v) is 5.38. The molecule has 20 heavy (non-hydrogen) atoms. The van der Waals surface area contributed by atoms with E-state index in [-0.39, 0.29) is 5.56 Å². The van der Waals surface area contributed by atoms with Crippen LogP contribution in [0.3, 0.4) is 0 Å². The van der Waals surface area contributed by atoms with Crippen LogP contribution in [0.15, 0.2) is 36.4 Å². The number of rotatable bonds is 4. The van der Waals surface area contributed by atoms with Crippen LogP contribution < -0.4 is 4.74 Å². The van der Waals surface area contributed by atoms with Crippen molar-refractivity contribution in [1.82, 2.24) is 0 Å². The molecule has 0 bridgehead atoms. The van der Waals surface area contributed by atoms with Crippen LogP contribution >= 0.6 is 0 Å². The summed E-state index contributed by atoms with van der Waals surface area (Å²) in [6, 6.07) is 6.11. The third-order valence-electron chi connectivity index (χ3n) is 2.45. The number of benzene rings is 2. The SMILES string of the molecule is O=Cc1cccc(F)c1Oc1cc(F)ccc1[N+](=O)[O-]. The summed E-state index contributed by atoms with van der Waals surface area (Å²) in [6.07, 6.45) is 0.337. The number of para-hydroxylation sites is 1. The summed E-state index contributed by atoms with van der Waals surface area (Å²) >= 11 is 0. The largest absolute Gasteiger partial charge is 0.446 e. The Morgan fingerprint density at radius 1 is 1.20 bits per heavy atom. The molecule has 0 aliphatic carbocycles. The molecule has 0 fully saturated rings. The highest BCUT2D eigenvalue weighted by molar-refractivity contribution is 5.79. The van der Waals surface area contributed by atoms with E-state index in [1.807, 2.05) is 0 Å². The molecule has 0 saturated carbocycles. The van der Waals surface area contributed by atoms with Gasteiger partial charge in [-0.1, -0.05) is 6.07 Å². The van der Waals surface area contributed by atoms with Gasteiger partial charge < -0.3 is 4.74 Å². The van der Waals surface area contributed by atoms with Gasteiger partial charge in [-0.25, -0.2) is 8.78 Å². The molecule has 5 nitrogen and oxygen atoms in total. The standard InChI is InChI=1S/C13H7F2NO4/c14-9-4-5-11(16(18)19)12(6-9)20-13-8(7-17)2-1-3-10(13)15/h1-7H. The van der Waals surface area contributed by atoms with Crippen LogP contribution in [0.5, 0.6) is 11.5 Å². The monoisotopic (exact) mass is 279 g/mol. The number of hydrogen-bond acceptors (Lipinski definition) is 4. The lowest BCUT2D eigenvalue weighted by molar-refractivity contribution is -0.385. The van der Waals surface area contributed by atoms with E-state index in [0.29, 0.717) is 6.29 Å². The topological polar surface area (TPSA) is 69.4 Å². The fourth-order valence-corrected chi connectivity index (χ4v) is 1.56. The van der Waals surface area contributed by atoms with Gasteiger partial charge in [0.25, 0.3) is 0 Å². The first-order valence-electron chi connectivity index (χ1n) is 5.38. The second-order valence-corrected chi connectivity index (χ2v) is 3.75. The number of nitrogens with zero attached hydrogens (tertiary/aromatic N) is 1. The Hall–Kier alpha value is -2.83. The van der Waals surface area contributed by atoms with E-state index in [0.717, 1.165) is 24.3 Å². The predicted octanol–water partition coefficient (Wildman–Crippen LogP) is 3.48. The van der Waals surface area contributed by atoms with Crippen LogP contribution in [0, 0.1) is 21.7 Å². The molecular formula is C13H7F2NO4. The molecule has 0 aromatic heterocycles. The van der Waals surface area contributed by atoms with Crippen molar-refractivity contribution in [3.05, 3.63) is 63.7 Å². The van der Waals surface area contributed by atoms with Crippen LogP contribution in [-0.2, 0) is 0 Å². The molecule has 0 spiro atoms. The zero-order chi connectivity index (χ0) is 14.7. The lowest BCUT2D eigenvalue weighted by Crippen LogP contribution is -1.98. The quantitative estimate of drug-likeness (QED) is 0.488. The molecule has 0 radical (unpaired) electrons. The molecule has 0 heterocycles. The molecule has 7 heteroatoms. The van der Waals surface area contributed by atoms with E-state index < -0.39 is 33.7 Å². The molecule has 0 aliphatic rings. The highest BCUT2D eigenvalue weighted by atomic mass is 19.1. The van der Waals surface area contributed by atoms with Crippen LogP contribution in [0.25, 0.3) is 0 Å². The first kappa shape index (κ1) is 13.6. The average molecular weight is 279 g/mol. The van der Waals surface area contributed by atoms with E-state index in [9.17, 15) is 23.7 Å². The van der Waals surface area contributed by atoms with Gasteiger partial charge in [0.05, 0.1) is 10.5 Å². The van der Waals surface area contributed by atoms with Crippen molar-refractivity contribution in [1.29, 1.82) is 0 Å². The second kappa shape index (κ2) is 5.43. The minimum atomic E-state index is -0.881. The van der Waals surface area contributed by atoms with Crippen molar-refractivity contribution in [2.75, 3.05) is 0 Å². The molecule has 0 N–H and O–H groups in total. The third kappa shape index (κ3) is 2.61. The van der Waals surface area contributed by atoms with Gasteiger partial charge in [0.2, 0.25) is 5.75 Å². The average Bonchev–Trinajstić information content (AvgIpc) is 2.40. The van der Waals surface area contributed by atoms with E-state index in [2.05, 4.69) is 0 Å². The lowest BCUT2D eigenvalue weighted by atomic mass is 10.2. The van der Waals surface area contributed by atoms with Crippen molar-refractivity contribution in [3.8, 4) is 11.5 Å². The van der Waals surface area contributed by atoms with Crippen molar-refractivity contribution in [2.24, 2.45) is 0 Å². The number of ether oxygens (including phenoxy) is 1. The second-order valence-electron chi connectivity index (χ2n) is 3.75. The van der Waals surface area contributed by atoms with Gasteiger partial charge in [-0.15, -0.1) is 0 Å². The molecule has 2 aromatic carbocycles. The Labute approximate surface area is 111 Å². The Morgan fingerprint density at radius 2 is 1.95 bits per heavy atom. The highest BCUT2D eigenvalue weighted by Gasteiger charge is 2.19. The number of carbonyl (C=O) groups excluding carboxylic acids is 1. The van der Waals surface area contributed by atoms with E-state index in [1.165, 1.54) is 12.1 Å². The normalized spacial score (nSPS) is 10.1. The molecule has 0 unspecified atom stereocenters. The van der Waals surface area contributed by atoms with Crippen molar-refractivity contribution < 1.29 is 23.2 Å². The minimum Gasteiger partial charge on any atom is -0.446 e. The first-order chi connectivity index (χ1) is 9.52. The van der Waals surface area contributed by atoms with Crippen molar-refractivity contribution in [2.45, 2.75) is 0 Å². The summed E-state index contributed by atoms with van der Waals surface area (Å²) in [5, 5.41) is 10.8. The van der Waals surface area contributed by atoms with Crippen LogP contribution in [-0.4, -0.2) is 11.2 Å². The molecule has 2 rings (SSSR count). The zero-order valence-electron chi connectivity index (χ0n) is 9.88. The van der Waals surface area contributed by atoms with Gasteiger partial charge in [0, 0.05) is 12.1 Å². The van der Waals surface area contributed by atoms with Crippen molar-refractivity contribution >= 4 is 12.0 Å². The van der Waals surface area contributed by atoms with Crippen molar-refractivity contribution in [3.63, 3.8) is 0 Å². The number of carbonyl (C=O) groups is 1. The molecule has 2 aromatic rings. The Morgan fingerprint density at radius 3 is 2.60 bits per heavy atom. The summed E-state index contributed by atoms with van der Waals surface area (Å²) in [7, 11) is 0. The Balaban J connectivity index is 2.52. The highest BCUT2D eigenvalue weighted by Crippen LogP contribution is 2.34. The van der Waals surface area contributed by atoms with Gasteiger partial charge in [-0.2, -0.15) is 0 Å². The molecular weight excluding hydrogens is 272 g/mol. The van der Waals surface area contributed by atoms with Gasteiger partial charge in [0.1, 0.15) is 5.82 Å². The molecule has 0 saturated heterocycles. The fourth-order valence-electron chi connectivity index (χ4n) is 1.56. The van der Waals surface area contributed by atoms with E-state index in [1.54, 1.807) is 0 Å². The van der Waals surface area contributed by atoms with Gasteiger partial charge in [0.15, 0.2) is 17.9 Å². The summed E-state index contributed by atoms with van der Waals surface area (Å²) in [5.41, 5.74) is -0.671. The van der Waals surface area contributed by atoms with E-state index in [4.69, 9.17) is 4.74 Å². The Bertz CT molecular complexity index is 688. The fraction of sp³-hybridized carbons (Fsp3) is 0. The molecule has 0 atom stereocenters. The summed E-state index contributed by atoms with van der Waals surface area (Å²) in [5.74, 6) is -2.64. The number of halogens is 2. The van der Waals surface area contributed by atoms with E-state index >= 15 is 0 Å². The lowest BCUT2D eigenvalue weighted by Gasteiger charge is -2.09. The predicted molar refractivity (Wildman–Crippen MR) is 64.9 cm³/mol. The summed E-state index contributed by atoms with van der Waals surface area (Å²) in [6.45, 7) is 0. The summed E-state index contributed by atoms with van der Waals surface area (Å²) < 4.78 is 31.8. The number of nitro groups is 1. The molecule has 102 valence electrons. The minimum absolute atomic E-state index is 0.136. The number of aldehydes is 1. The van der Waals surface area contributed by atoms with Gasteiger partial charge in [-0.05, 0) is 18.2 Å². The molecule has 0 amide bonds. The Kier molecular flexibility index (Phi) is 3.69. The number of nitro benzene ring substituents is 1. The van der Waals surface area contributed by atoms with Gasteiger partial charge >= 0.3 is 5.69 Å². The maximum Gasteiger partial charge on any atom is 0.311 e.